The molecule has 0 saturated heterocycles. The minimum Gasteiger partial charge on any atom is -0.507 e. The van der Waals surface area contributed by atoms with Gasteiger partial charge in [-0.15, -0.1) is 0 Å². The molecule has 1 heterocycles. The number of benzene rings is 2. The summed E-state index contributed by atoms with van der Waals surface area (Å²) in [6.07, 6.45) is 3.44. The second kappa shape index (κ2) is 6.68. The molecule has 0 unspecified atom stereocenters. The highest BCUT2D eigenvalue weighted by molar-refractivity contribution is 5.88. The number of aromatic hydroxyl groups is 1. The molecule has 0 bridgehead atoms. The van der Waals surface area contributed by atoms with Gasteiger partial charge >= 0.3 is 0 Å². The second-order valence-electron chi connectivity index (χ2n) is 4.90. The van der Waals surface area contributed by atoms with Crippen molar-refractivity contribution in [3.05, 3.63) is 84.2 Å². The summed E-state index contributed by atoms with van der Waals surface area (Å²) in [5, 5.41) is 10.4. The van der Waals surface area contributed by atoms with Gasteiger partial charge in [-0.1, -0.05) is 48.5 Å². The molecule has 3 rings (SSSR count). The number of aromatic nitrogens is 1. The average molecular weight is 288 g/mol. The predicted octanol–water partition coefficient (Wildman–Crippen LogP) is 4.07. The first-order valence-corrected chi connectivity index (χ1v) is 7.12. The Morgan fingerprint density at radius 1 is 0.909 bits per heavy atom. The molecule has 1 N–H and O–H groups in total. The van der Waals surface area contributed by atoms with Crippen molar-refractivity contribution in [2.75, 3.05) is 0 Å². The molecular formula is C19H16N2O. The van der Waals surface area contributed by atoms with Crippen LogP contribution in [0, 0.1) is 0 Å². The maximum absolute atomic E-state index is 10.4. The Kier molecular flexibility index (Phi) is 4.25. The van der Waals surface area contributed by atoms with E-state index >= 15 is 0 Å². The van der Waals surface area contributed by atoms with Gasteiger partial charge < -0.3 is 5.11 Å². The van der Waals surface area contributed by atoms with Crippen molar-refractivity contribution in [3.8, 4) is 16.9 Å². The van der Waals surface area contributed by atoms with Crippen molar-refractivity contribution < 1.29 is 5.11 Å². The van der Waals surface area contributed by atoms with E-state index in [1.165, 1.54) is 0 Å². The van der Waals surface area contributed by atoms with E-state index in [9.17, 15) is 5.11 Å². The van der Waals surface area contributed by atoms with Gasteiger partial charge in [0.1, 0.15) is 5.75 Å². The normalized spacial score (nSPS) is 10.9. The number of phenols is 1. The Bertz CT molecular complexity index is 768. The van der Waals surface area contributed by atoms with Gasteiger partial charge in [0.25, 0.3) is 0 Å². The molecule has 0 fully saturated rings. The van der Waals surface area contributed by atoms with Crippen molar-refractivity contribution in [2.24, 2.45) is 4.99 Å². The van der Waals surface area contributed by atoms with E-state index < -0.39 is 0 Å². The van der Waals surface area contributed by atoms with Gasteiger partial charge in [-0.3, -0.25) is 9.98 Å². The molecule has 3 heteroatoms. The van der Waals surface area contributed by atoms with Crippen LogP contribution in [0.3, 0.4) is 0 Å². The zero-order valence-corrected chi connectivity index (χ0v) is 12.1. The molecule has 0 saturated carbocycles. The van der Waals surface area contributed by atoms with Gasteiger partial charge in [0, 0.05) is 23.5 Å². The summed E-state index contributed by atoms with van der Waals surface area (Å²) in [6, 6.07) is 21.2. The predicted molar refractivity (Wildman–Crippen MR) is 89.1 cm³/mol. The number of nitrogens with zero attached hydrogens (tertiary/aromatic N) is 2. The second-order valence-corrected chi connectivity index (χ2v) is 4.90. The summed E-state index contributed by atoms with van der Waals surface area (Å²) < 4.78 is 0. The van der Waals surface area contributed by atoms with Gasteiger partial charge in [-0.25, -0.2) is 0 Å². The quantitative estimate of drug-likeness (QED) is 0.735. The minimum absolute atomic E-state index is 0.249. The fourth-order valence-electron chi connectivity index (χ4n) is 2.25. The van der Waals surface area contributed by atoms with Crippen molar-refractivity contribution >= 4 is 6.21 Å². The molecule has 1 aromatic heterocycles. The van der Waals surface area contributed by atoms with Crippen LogP contribution in [0.1, 0.15) is 11.3 Å². The van der Waals surface area contributed by atoms with E-state index in [0.29, 0.717) is 12.1 Å². The summed E-state index contributed by atoms with van der Waals surface area (Å²) in [6.45, 7) is 0.496. The van der Waals surface area contributed by atoms with Crippen molar-refractivity contribution in [1.29, 1.82) is 0 Å². The van der Waals surface area contributed by atoms with Crippen LogP contribution < -0.4 is 0 Å². The lowest BCUT2D eigenvalue weighted by Gasteiger charge is -2.07. The van der Waals surface area contributed by atoms with E-state index in [4.69, 9.17) is 0 Å². The third-order valence-electron chi connectivity index (χ3n) is 3.36. The van der Waals surface area contributed by atoms with Gasteiger partial charge in [0.05, 0.1) is 12.2 Å². The summed E-state index contributed by atoms with van der Waals surface area (Å²) in [5.41, 5.74) is 3.40. The van der Waals surface area contributed by atoms with Crippen LogP contribution in [-0.4, -0.2) is 16.3 Å². The average Bonchev–Trinajstić information content (AvgIpc) is 2.58. The number of hydrogen-bond acceptors (Lipinski definition) is 3. The molecule has 0 spiro atoms. The Hall–Kier alpha value is -2.94. The lowest BCUT2D eigenvalue weighted by atomic mass is 10.0. The van der Waals surface area contributed by atoms with Gasteiger partial charge in [-0.2, -0.15) is 0 Å². The third kappa shape index (κ3) is 3.20. The van der Waals surface area contributed by atoms with Crippen LogP contribution in [0.15, 0.2) is 77.9 Å². The summed E-state index contributed by atoms with van der Waals surface area (Å²) in [4.78, 5) is 8.58. The highest BCUT2D eigenvalue weighted by Crippen LogP contribution is 2.31. The highest BCUT2D eigenvalue weighted by Gasteiger charge is 2.06. The lowest BCUT2D eigenvalue weighted by Crippen LogP contribution is -1.89. The molecule has 0 aliphatic rings. The Balaban J connectivity index is 1.83. The monoisotopic (exact) mass is 288 g/mol. The van der Waals surface area contributed by atoms with E-state index in [-0.39, 0.29) is 5.75 Å². The lowest BCUT2D eigenvalue weighted by molar-refractivity contribution is 0.476. The molecule has 0 atom stereocenters. The number of phenolic OH excluding ortho intramolecular Hbond substituents is 1. The molecule has 2 aromatic carbocycles. The molecular weight excluding hydrogens is 272 g/mol. The van der Waals surface area contributed by atoms with E-state index in [1.54, 1.807) is 12.4 Å². The molecule has 108 valence electrons. The van der Waals surface area contributed by atoms with E-state index in [2.05, 4.69) is 9.98 Å². The minimum atomic E-state index is 0.249. The van der Waals surface area contributed by atoms with Gasteiger partial charge in [0.15, 0.2) is 0 Å². The number of rotatable bonds is 4. The van der Waals surface area contributed by atoms with Crippen molar-refractivity contribution in [3.63, 3.8) is 0 Å². The SMILES string of the molecule is Oc1c(C=NCc2ccccn2)cccc1-c1ccccc1. The summed E-state index contributed by atoms with van der Waals surface area (Å²) in [5.74, 6) is 0.249. The van der Waals surface area contributed by atoms with Crippen LogP contribution in [0.4, 0.5) is 0 Å². The fourth-order valence-corrected chi connectivity index (χ4v) is 2.25. The van der Waals surface area contributed by atoms with E-state index in [1.807, 2.05) is 66.7 Å². The molecule has 0 aliphatic heterocycles. The highest BCUT2D eigenvalue weighted by atomic mass is 16.3. The fraction of sp³-hybridized carbons (Fsp3) is 0.0526. The third-order valence-corrected chi connectivity index (χ3v) is 3.36. The number of aliphatic imine (C=N–C) groups is 1. The first-order valence-electron chi connectivity index (χ1n) is 7.12. The number of para-hydroxylation sites is 1. The largest absolute Gasteiger partial charge is 0.507 e. The van der Waals surface area contributed by atoms with Crippen molar-refractivity contribution in [2.45, 2.75) is 6.54 Å². The van der Waals surface area contributed by atoms with Crippen LogP contribution in [0.2, 0.25) is 0 Å². The summed E-state index contributed by atoms with van der Waals surface area (Å²) in [7, 11) is 0. The zero-order chi connectivity index (χ0) is 15.2. The maximum Gasteiger partial charge on any atom is 0.132 e. The molecule has 3 aromatic rings. The van der Waals surface area contributed by atoms with Gasteiger partial charge in [0.2, 0.25) is 0 Å². The zero-order valence-electron chi connectivity index (χ0n) is 12.1. The Morgan fingerprint density at radius 3 is 2.50 bits per heavy atom. The molecule has 22 heavy (non-hydrogen) atoms. The topological polar surface area (TPSA) is 45.5 Å². The molecule has 0 aliphatic carbocycles. The Morgan fingerprint density at radius 2 is 1.73 bits per heavy atom. The van der Waals surface area contributed by atoms with Crippen LogP contribution in [0.25, 0.3) is 11.1 Å². The first kappa shape index (κ1) is 14.0. The molecule has 0 amide bonds. The van der Waals surface area contributed by atoms with Crippen LogP contribution in [0.5, 0.6) is 5.75 Å². The summed E-state index contributed by atoms with van der Waals surface area (Å²) >= 11 is 0. The smallest absolute Gasteiger partial charge is 0.132 e. The number of pyridine rings is 1. The number of hydrogen-bond donors (Lipinski definition) is 1. The molecule has 3 nitrogen and oxygen atoms in total. The maximum atomic E-state index is 10.4. The molecule has 0 radical (unpaired) electrons. The Labute approximate surface area is 129 Å². The van der Waals surface area contributed by atoms with Crippen LogP contribution in [-0.2, 0) is 6.54 Å². The van der Waals surface area contributed by atoms with Gasteiger partial charge in [-0.05, 0) is 23.8 Å². The van der Waals surface area contributed by atoms with E-state index in [0.717, 1.165) is 16.8 Å². The van der Waals surface area contributed by atoms with Crippen molar-refractivity contribution in [1.82, 2.24) is 4.98 Å². The standard InChI is InChI=1S/C19H16N2O/c22-19-16(13-20-14-17-10-4-5-12-21-17)9-6-11-18(19)15-7-2-1-3-8-15/h1-13,22H,14H2. The van der Waals surface area contributed by atoms with Crippen LogP contribution >= 0.6 is 0 Å². The first-order chi connectivity index (χ1) is 10.8.